The summed E-state index contributed by atoms with van der Waals surface area (Å²) in [5.74, 6) is 0.587. The monoisotopic (exact) mass is 386 g/mol. The number of hydrogen-bond acceptors (Lipinski definition) is 1. The SMILES string of the molecule is Cc1cc(Br)c(C(Br)c2ccc(C(C)C)cc2)s1. The Labute approximate surface area is 130 Å². The molecule has 0 spiro atoms. The van der Waals surface area contributed by atoms with Crippen LogP contribution in [0.15, 0.2) is 34.8 Å². The summed E-state index contributed by atoms with van der Waals surface area (Å²) in [4.78, 5) is 2.94. The van der Waals surface area contributed by atoms with Gasteiger partial charge < -0.3 is 0 Å². The number of halogens is 2. The van der Waals surface area contributed by atoms with Gasteiger partial charge in [-0.05, 0) is 46.0 Å². The molecule has 0 aliphatic rings. The molecule has 2 rings (SSSR count). The molecule has 96 valence electrons. The second-order valence-electron chi connectivity index (χ2n) is 4.75. The molecule has 1 unspecified atom stereocenters. The summed E-state index contributed by atoms with van der Waals surface area (Å²) in [5, 5.41) is 0. The summed E-state index contributed by atoms with van der Waals surface area (Å²) in [5.41, 5.74) is 2.70. The van der Waals surface area contributed by atoms with E-state index in [0.717, 1.165) is 0 Å². The van der Waals surface area contributed by atoms with Crippen LogP contribution in [-0.2, 0) is 0 Å². The minimum absolute atomic E-state index is 0.270. The predicted molar refractivity (Wildman–Crippen MR) is 88.1 cm³/mol. The maximum absolute atomic E-state index is 3.80. The summed E-state index contributed by atoms with van der Waals surface area (Å²) in [6.07, 6.45) is 0. The molecule has 2 aromatic rings. The van der Waals surface area contributed by atoms with Gasteiger partial charge in [0.2, 0.25) is 0 Å². The number of alkyl halides is 1. The fourth-order valence-electron chi connectivity index (χ4n) is 1.88. The number of hydrogen-bond donors (Lipinski definition) is 0. The van der Waals surface area contributed by atoms with Crippen molar-refractivity contribution in [3.8, 4) is 0 Å². The molecular formula is C15H16Br2S. The molecular weight excluding hydrogens is 372 g/mol. The van der Waals surface area contributed by atoms with Crippen molar-refractivity contribution >= 4 is 43.2 Å². The number of rotatable bonds is 3. The van der Waals surface area contributed by atoms with Gasteiger partial charge in [0.25, 0.3) is 0 Å². The third-order valence-electron chi connectivity index (χ3n) is 2.96. The Morgan fingerprint density at radius 1 is 1.06 bits per heavy atom. The van der Waals surface area contributed by atoms with Gasteiger partial charge in [0, 0.05) is 14.2 Å². The summed E-state index contributed by atoms with van der Waals surface area (Å²) in [6.45, 7) is 6.58. The highest BCUT2D eigenvalue weighted by molar-refractivity contribution is 9.11. The van der Waals surface area contributed by atoms with Gasteiger partial charge in [0.1, 0.15) is 0 Å². The van der Waals surface area contributed by atoms with Crippen molar-refractivity contribution in [1.82, 2.24) is 0 Å². The van der Waals surface area contributed by atoms with Crippen LogP contribution in [0.2, 0.25) is 0 Å². The van der Waals surface area contributed by atoms with E-state index in [1.165, 1.54) is 25.4 Å². The molecule has 1 heterocycles. The van der Waals surface area contributed by atoms with Gasteiger partial charge in [0.05, 0.1) is 4.83 Å². The first-order valence-corrected chi connectivity index (χ1v) is 8.51. The van der Waals surface area contributed by atoms with Gasteiger partial charge in [-0.25, -0.2) is 0 Å². The van der Waals surface area contributed by atoms with Crippen LogP contribution < -0.4 is 0 Å². The molecule has 18 heavy (non-hydrogen) atoms. The van der Waals surface area contributed by atoms with Crippen LogP contribution in [0.1, 0.15) is 45.5 Å². The zero-order valence-corrected chi connectivity index (χ0v) is 14.7. The first-order valence-electron chi connectivity index (χ1n) is 5.98. The van der Waals surface area contributed by atoms with Crippen molar-refractivity contribution in [2.75, 3.05) is 0 Å². The molecule has 1 atom stereocenters. The summed E-state index contributed by atoms with van der Waals surface area (Å²) in [6, 6.07) is 11.1. The lowest BCUT2D eigenvalue weighted by molar-refractivity contribution is 0.865. The van der Waals surface area contributed by atoms with Crippen LogP contribution in [0.5, 0.6) is 0 Å². The van der Waals surface area contributed by atoms with E-state index in [0.29, 0.717) is 5.92 Å². The van der Waals surface area contributed by atoms with Crippen LogP contribution in [0.3, 0.4) is 0 Å². The van der Waals surface area contributed by atoms with Gasteiger partial charge in [-0.1, -0.05) is 54.0 Å². The third kappa shape index (κ3) is 3.06. The molecule has 3 heteroatoms. The molecule has 0 saturated heterocycles. The quantitative estimate of drug-likeness (QED) is 0.532. The second kappa shape index (κ2) is 5.89. The topological polar surface area (TPSA) is 0 Å². The van der Waals surface area contributed by atoms with Crippen molar-refractivity contribution in [3.05, 3.63) is 55.7 Å². The van der Waals surface area contributed by atoms with E-state index in [1.54, 1.807) is 0 Å². The van der Waals surface area contributed by atoms with Crippen LogP contribution in [0, 0.1) is 6.92 Å². The molecule has 0 aliphatic carbocycles. The third-order valence-corrected chi connectivity index (χ3v) is 6.29. The Hall–Kier alpha value is -0.120. The maximum Gasteiger partial charge on any atom is 0.0749 e. The van der Waals surface area contributed by atoms with Crippen LogP contribution in [0.25, 0.3) is 0 Å². The smallest absolute Gasteiger partial charge is 0.0749 e. The molecule has 0 amide bonds. The minimum Gasteiger partial charge on any atom is -0.143 e. The molecule has 1 aromatic heterocycles. The Morgan fingerprint density at radius 3 is 2.06 bits per heavy atom. The Bertz CT molecular complexity index is 526. The predicted octanol–water partition coefficient (Wildman–Crippen LogP) is 6.43. The average molecular weight is 388 g/mol. The molecule has 0 bridgehead atoms. The van der Waals surface area contributed by atoms with Crippen molar-refractivity contribution in [1.29, 1.82) is 0 Å². The normalized spacial score (nSPS) is 13.0. The van der Waals surface area contributed by atoms with Crippen molar-refractivity contribution in [3.63, 3.8) is 0 Å². The van der Waals surface area contributed by atoms with E-state index < -0.39 is 0 Å². The van der Waals surface area contributed by atoms with Gasteiger partial charge >= 0.3 is 0 Å². The summed E-state index contributed by atoms with van der Waals surface area (Å²) >= 11 is 9.27. The van der Waals surface area contributed by atoms with Gasteiger partial charge in [0.15, 0.2) is 0 Å². The number of benzene rings is 1. The van der Waals surface area contributed by atoms with Gasteiger partial charge in [-0.2, -0.15) is 0 Å². The van der Waals surface area contributed by atoms with Crippen LogP contribution in [0.4, 0.5) is 0 Å². The zero-order chi connectivity index (χ0) is 13.3. The lowest BCUT2D eigenvalue weighted by Gasteiger charge is -2.11. The van der Waals surface area contributed by atoms with Gasteiger partial charge in [-0.15, -0.1) is 11.3 Å². The zero-order valence-electron chi connectivity index (χ0n) is 10.7. The Morgan fingerprint density at radius 2 is 1.61 bits per heavy atom. The standard InChI is InChI=1S/C15H16Br2S/c1-9(2)11-4-6-12(7-5-11)14(17)15-13(16)8-10(3)18-15/h4-9,14H,1-3H3. The highest BCUT2D eigenvalue weighted by Gasteiger charge is 2.16. The second-order valence-corrected chi connectivity index (χ2v) is 7.81. The fraction of sp³-hybridized carbons (Fsp3) is 0.333. The van der Waals surface area contributed by atoms with Crippen molar-refractivity contribution in [2.45, 2.75) is 31.5 Å². The van der Waals surface area contributed by atoms with E-state index >= 15 is 0 Å². The van der Waals surface area contributed by atoms with E-state index in [4.69, 9.17) is 0 Å². The molecule has 0 fully saturated rings. The highest BCUT2D eigenvalue weighted by atomic mass is 79.9. The summed E-state index contributed by atoms with van der Waals surface area (Å²) in [7, 11) is 0. The molecule has 0 saturated carbocycles. The molecule has 0 aliphatic heterocycles. The lowest BCUT2D eigenvalue weighted by Crippen LogP contribution is -1.92. The Kier molecular flexibility index (Phi) is 4.68. The van der Waals surface area contributed by atoms with Crippen LogP contribution >= 0.6 is 43.2 Å². The van der Waals surface area contributed by atoms with Crippen molar-refractivity contribution < 1.29 is 0 Å². The summed E-state index contributed by atoms with van der Waals surface area (Å²) < 4.78 is 1.19. The van der Waals surface area contributed by atoms with E-state index in [1.807, 2.05) is 11.3 Å². The minimum atomic E-state index is 0.270. The Balaban J connectivity index is 2.28. The molecule has 0 nitrogen and oxygen atoms in total. The molecule has 0 radical (unpaired) electrons. The average Bonchev–Trinajstić information content (AvgIpc) is 2.67. The van der Waals surface area contributed by atoms with E-state index in [9.17, 15) is 0 Å². The first kappa shape index (κ1) is 14.3. The number of thiophene rings is 1. The van der Waals surface area contributed by atoms with E-state index in [2.05, 4.69) is 83.0 Å². The largest absolute Gasteiger partial charge is 0.143 e. The van der Waals surface area contributed by atoms with Crippen LogP contribution in [-0.4, -0.2) is 0 Å². The van der Waals surface area contributed by atoms with Crippen molar-refractivity contribution in [2.24, 2.45) is 0 Å². The number of aryl methyl sites for hydroxylation is 1. The highest BCUT2D eigenvalue weighted by Crippen LogP contribution is 2.40. The van der Waals surface area contributed by atoms with Gasteiger partial charge in [-0.3, -0.25) is 0 Å². The maximum atomic E-state index is 3.80. The lowest BCUT2D eigenvalue weighted by atomic mass is 10.0. The van der Waals surface area contributed by atoms with E-state index in [-0.39, 0.29) is 4.83 Å². The first-order chi connectivity index (χ1) is 8.49. The fourth-order valence-corrected chi connectivity index (χ4v) is 4.90. The molecule has 1 aromatic carbocycles. The molecule has 0 N–H and O–H groups in total.